The number of esters is 1. The summed E-state index contributed by atoms with van der Waals surface area (Å²) in [4.78, 5) is 11.5. The largest absolute Gasteiger partial charge is 0.468 e. The maximum atomic E-state index is 13.0. The summed E-state index contributed by atoms with van der Waals surface area (Å²) in [6.45, 7) is -0.502. The van der Waals surface area contributed by atoms with Gasteiger partial charge in [-0.3, -0.25) is 9.10 Å². The number of rotatable bonds is 5. The minimum absolute atomic E-state index is 0.00395. The van der Waals surface area contributed by atoms with Gasteiger partial charge in [0, 0.05) is 9.50 Å². The fourth-order valence-corrected chi connectivity index (χ4v) is 4.45. The molecule has 0 aliphatic rings. The van der Waals surface area contributed by atoms with Gasteiger partial charge in [-0.1, -0.05) is 45.2 Å². The first-order valence-corrected chi connectivity index (χ1v) is 9.55. The van der Waals surface area contributed by atoms with Gasteiger partial charge in [0.25, 0.3) is 10.0 Å². The van der Waals surface area contributed by atoms with Crippen LogP contribution in [0.2, 0.25) is 10.0 Å². The number of hydrogen-bond donors (Lipinski definition) is 0. The second kappa shape index (κ2) is 7.74. The highest BCUT2D eigenvalue weighted by atomic mass is 79.9. The Labute approximate surface area is 158 Å². The molecule has 0 saturated carbocycles. The van der Waals surface area contributed by atoms with E-state index in [2.05, 4.69) is 20.7 Å². The Balaban J connectivity index is 2.61. The topological polar surface area (TPSA) is 63.7 Å². The van der Waals surface area contributed by atoms with Crippen molar-refractivity contribution in [2.75, 3.05) is 18.0 Å². The third kappa shape index (κ3) is 4.22. The predicted molar refractivity (Wildman–Crippen MR) is 97.2 cm³/mol. The molecule has 0 unspecified atom stereocenters. The molecule has 0 spiro atoms. The summed E-state index contributed by atoms with van der Waals surface area (Å²) in [6, 6.07) is 10.6. The highest BCUT2D eigenvalue weighted by molar-refractivity contribution is 9.10. The number of nitrogens with zero attached hydrogens (tertiary/aromatic N) is 1. The molecule has 5 nitrogen and oxygen atoms in total. The van der Waals surface area contributed by atoms with Gasteiger partial charge in [0.1, 0.15) is 11.4 Å². The molecule has 0 aliphatic heterocycles. The molecule has 0 aromatic heterocycles. The Kier molecular flexibility index (Phi) is 6.14. The summed E-state index contributed by atoms with van der Waals surface area (Å²) >= 11 is 15.2. The third-order valence-corrected chi connectivity index (χ3v) is 6.04. The quantitative estimate of drug-likeness (QED) is 0.640. The summed E-state index contributed by atoms with van der Waals surface area (Å²) in [7, 11) is -2.95. The van der Waals surface area contributed by atoms with Crippen molar-refractivity contribution in [2.24, 2.45) is 0 Å². The fourth-order valence-electron chi connectivity index (χ4n) is 1.92. The van der Waals surface area contributed by atoms with Gasteiger partial charge in [0.05, 0.1) is 17.8 Å². The SMILES string of the molecule is COC(=O)CN(c1cccc(Br)c1)S(=O)(=O)c1cc(Cl)ccc1Cl. The minimum atomic E-state index is -4.13. The molecule has 2 rings (SSSR count). The van der Waals surface area contributed by atoms with Crippen LogP contribution >= 0.6 is 39.1 Å². The van der Waals surface area contributed by atoms with Gasteiger partial charge in [0.2, 0.25) is 0 Å². The van der Waals surface area contributed by atoms with Crippen molar-refractivity contribution in [1.29, 1.82) is 0 Å². The van der Waals surface area contributed by atoms with Crippen molar-refractivity contribution in [3.63, 3.8) is 0 Å². The van der Waals surface area contributed by atoms with E-state index in [9.17, 15) is 13.2 Å². The average molecular weight is 453 g/mol. The molecule has 0 amide bonds. The summed E-state index contributed by atoms with van der Waals surface area (Å²) in [5.74, 6) is -0.711. The molecule has 0 atom stereocenters. The number of hydrogen-bond acceptors (Lipinski definition) is 4. The van der Waals surface area contributed by atoms with Crippen LogP contribution in [0.15, 0.2) is 51.8 Å². The van der Waals surface area contributed by atoms with E-state index in [-0.39, 0.29) is 20.6 Å². The zero-order valence-corrected chi connectivity index (χ0v) is 16.3. The van der Waals surface area contributed by atoms with E-state index < -0.39 is 22.5 Å². The van der Waals surface area contributed by atoms with Crippen molar-refractivity contribution >= 4 is 60.8 Å². The van der Waals surface area contributed by atoms with Gasteiger partial charge in [0.15, 0.2) is 0 Å². The van der Waals surface area contributed by atoms with Gasteiger partial charge < -0.3 is 4.74 Å². The number of ether oxygens (including phenoxy) is 1. The number of anilines is 1. The number of carbonyl (C=O) groups is 1. The van der Waals surface area contributed by atoms with Crippen LogP contribution in [-0.2, 0) is 19.6 Å². The van der Waals surface area contributed by atoms with Crippen LogP contribution < -0.4 is 4.31 Å². The molecule has 9 heteroatoms. The van der Waals surface area contributed by atoms with Gasteiger partial charge in [-0.2, -0.15) is 0 Å². The van der Waals surface area contributed by atoms with E-state index in [1.54, 1.807) is 24.3 Å². The second-order valence-corrected chi connectivity index (χ2v) is 8.23. The number of carbonyl (C=O) groups excluding carboxylic acids is 1. The van der Waals surface area contributed by atoms with Crippen molar-refractivity contribution in [1.82, 2.24) is 0 Å². The number of halogens is 3. The maximum Gasteiger partial charge on any atom is 0.326 e. The first-order chi connectivity index (χ1) is 11.3. The van der Waals surface area contributed by atoms with Gasteiger partial charge >= 0.3 is 5.97 Å². The van der Waals surface area contributed by atoms with Crippen LogP contribution in [0.25, 0.3) is 0 Å². The first-order valence-electron chi connectivity index (χ1n) is 6.56. The molecule has 0 bridgehead atoms. The number of methoxy groups -OCH3 is 1. The molecule has 0 N–H and O–H groups in total. The molecule has 2 aromatic rings. The smallest absolute Gasteiger partial charge is 0.326 e. The van der Waals surface area contributed by atoms with Crippen LogP contribution in [0.1, 0.15) is 0 Å². The predicted octanol–water partition coefficient (Wildman–Crippen LogP) is 4.12. The Hall–Kier alpha value is -1.28. The van der Waals surface area contributed by atoms with Crippen LogP contribution in [0.4, 0.5) is 5.69 Å². The highest BCUT2D eigenvalue weighted by Gasteiger charge is 2.29. The zero-order valence-electron chi connectivity index (χ0n) is 12.4. The van der Waals surface area contributed by atoms with Crippen LogP contribution in [0.5, 0.6) is 0 Å². The fraction of sp³-hybridized carbons (Fsp3) is 0.133. The molecule has 2 aromatic carbocycles. The minimum Gasteiger partial charge on any atom is -0.468 e. The van der Waals surface area contributed by atoms with E-state index in [4.69, 9.17) is 23.2 Å². The number of benzene rings is 2. The van der Waals surface area contributed by atoms with E-state index in [1.165, 1.54) is 25.3 Å². The van der Waals surface area contributed by atoms with Crippen molar-refractivity contribution in [3.8, 4) is 0 Å². The Bertz CT molecular complexity index is 874. The molecular weight excluding hydrogens is 441 g/mol. The highest BCUT2D eigenvalue weighted by Crippen LogP contribution is 2.31. The lowest BCUT2D eigenvalue weighted by Gasteiger charge is -2.24. The van der Waals surface area contributed by atoms with E-state index in [0.29, 0.717) is 4.47 Å². The molecule has 0 aliphatic carbocycles. The number of sulfonamides is 1. The van der Waals surface area contributed by atoms with Gasteiger partial charge in [-0.05, 0) is 36.4 Å². The second-order valence-electron chi connectivity index (χ2n) is 4.64. The molecule has 128 valence electrons. The van der Waals surface area contributed by atoms with Crippen LogP contribution in [-0.4, -0.2) is 28.0 Å². The van der Waals surface area contributed by atoms with Crippen molar-refractivity contribution in [2.45, 2.75) is 4.90 Å². The Morgan fingerprint density at radius 3 is 2.54 bits per heavy atom. The summed E-state index contributed by atoms with van der Waals surface area (Å²) < 4.78 is 32.2. The standard InChI is InChI=1S/C15H12BrCl2NO4S/c1-23-15(20)9-19(12-4-2-3-10(16)7-12)24(21,22)14-8-11(17)5-6-13(14)18/h2-8H,9H2,1H3. The van der Waals surface area contributed by atoms with E-state index in [1.807, 2.05) is 0 Å². The monoisotopic (exact) mass is 451 g/mol. The van der Waals surface area contributed by atoms with E-state index >= 15 is 0 Å². The maximum absolute atomic E-state index is 13.0. The summed E-state index contributed by atoms with van der Waals surface area (Å²) in [6.07, 6.45) is 0. The zero-order chi connectivity index (χ0) is 17.9. The lowest BCUT2D eigenvalue weighted by molar-refractivity contribution is -0.138. The summed E-state index contributed by atoms with van der Waals surface area (Å²) in [5, 5.41) is 0.217. The van der Waals surface area contributed by atoms with Gasteiger partial charge in [-0.25, -0.2) is 8.42 Å². The molecular formula is C15H12BrCl2NO4S. The molecule has 0 radical (unpaired) electrons. The van der Waals surface area contributed by atoms with E-state index in [0.717, 1.165) is 4.31 Å². The Morgan fingerprint density at radius 1 is 1.21 bits per heavy atom. The van der Waals surface area contributed by atoms with Crippen molar-refractivity contribution < 1.29 is 17.9 Å². The van der Waals surface area contributed by atoms with Crippen LogP contribution in [0.3, 0.4) is 0 Å². The normalized spacial score (nSPS) is 11.2. The van der Waals surface area contributed by atoms with Crippen LogP contribution in [0, 0.1) is 0 Å². The molecule has 24 heavy (non-hydrogen) atoms. The molecule has 0 saturated heterocycles. The van der Waals surface area contributed by atoms with Crippen molar-refractivity contribution in [3.05, 3.63) is 57.0 Å². The summed E-state index contributed by atoms with van der Waals surface area (Å²) in [5.41, 5.74) is 0.283. The Morgan fingerprint density at radius 2 is 1.92 bits per heavy atom. The third-order valence-electron chi connectivity index (χ3n) is 3.06. The molecule has 0 fully saturated rings. The molecule has 0 heterocycles. The lowest BCUT2D eigenvalue weighted by atomic mass is 10.3. The van der Waals surface area contributed by atoms with Gasteiger partial charge in [-0.15, -0.1) is 0 Å². The first kappa shape index (κ1) is 19.1. The lowest BCUT2D eigenvalue weighted by Crippen LogP contribution is -2.36. The average Bonchev–Trinajstić information content (AvgIpc) is 2.54.